The average Bonchev–Trinajstić information content (AvgIpc) is 2.62. The molecule has 0 saturated heterocycles. The highest BCUT2D eigenvalue weighted by Crippen LogP contribution is 2.44. The van der Waals surface area contributed by atoms with Gasteiger partial charge in [-0.05, 0) is 66.5 Å². The lowest BCUT2D eigenvalue weighted by molar-refractivity contribution is 0.265. The first-order chi connectivity index (χ1) is 11.3. The highest BCUT2D eigenvalue weighted by molar-refractivity contribution is 5.38. The molecule has 1 aromatic carbocycles. The number of hydrogen-bond acceptors (Lipinski definition) is 0. The van der Waals surface area contributed by atoms with Gasteiger partial charge < -0.3 is 0 Å². The molecule has 0 spiro atoms. The van der Waals surface area contributed by atoms with Gasteiger partial charge in [-0.25, -0.2) is 0 Å². The lowest BCUT2D eigenvalue weighted by atomic mass is 9.66. The quantitative estimate of drug-likeness (QED) is 0.497. The second kappa shape index (κ2) is 7.86. The molecule has 128 valence electrons. The first kappa shape index (κ1) is 17.1. The van der Waals surface area contributed by atoms with E-state index in [0.29, 0.717) is 5.41 Å². The molecule has 0 heterocycles. The fraction of sp³-hybridized carbons (Fsp3) is 0.739. The van der Waals surface area contributed by atoms with E-state index in [2.05, 4.69) is 32.0 Å². The third-order valence-electron chi connectivity index (χ3n) is 6.80. The van der Waals surface area contributed by atoms with Crippen molar-refractivity contribution in [3.63, 3.8) is 0 Å². The number of benzene rings is 1. The Kier molecular flexibility index (Phi) is 5.83. The maximum atomic E-state index is 2.64. The Bertz CT molecular complexity index is 493. The van der Waals surface area contributed by atoms with Gasteiger partial charge in [0, 0.05) is 0 Å². The third kappa shape index (κ3) is 3.83. The van der Waals surface area contributed by atoms with Crippen molar-refractivity contribution < 1.29 is 0 Å². The summed E-state index contributed by atoms with van der Waals surface area (Å²) in [5.41, 5.74) is 5.56. The maximum Gasteiger partial charge on any atom is -0.00469 e. The van der Waals surface area contributed by atoms with Gasteiger partial charge in [-0.15, -0.1) is 0 Å². The second-order valence-electron chi connectivity index (χ2n) is 8.30. The molecule has 0 aliphatic heterocycles. The average molecular weight is 313 g/mol. The summed E-state index contributed by atoms with van der Waals surface area (Å²) in [5.74, 6) is 0.932. The topological polar surface area (TPSA) is 0 Å². The summed E-state index contributed by atoms with van der Waals surface area (Å²) in [7, 11) is 0. The van der Waals surface area contributed by atoms with Crippen LogP contribution in [-0.2, 0) is 18.3 Å². The molecular weight excluding hydrogens is 276 g/mol. The molecular formula is C23H36. The van der Waals surface area contributed by atoms with Gasteiger partial charge in [-0.1, -0.05) is 77.0 Å². The van der Waals surface area contributed by atoms with Crippen LogP contribution < -0.4 is 0 Å². The molecule has 2 aliphatic carbocycles. The van der Waals surface area contributed by atoms with Crippen LogP contribution in [-0.4, -0.2) is 0 Å². The summed E-state index contributed by atoms with van der Waals surface area (Å²) in [6.07, 6.45) is 18.2. The highest BCUT2D eigenvalue weighted by Gasteiger charge is 2.34. The monoisotopic (exact) mass is 312 g/mol. The van der Waals surface area contributed by atoms with Crippen molar-refractivity contribution in [1.82, 2.24) is 0 Å². The van der Waals surface area contributed by atoms with E-state index in [1.54, 1.807) is 16.7 Å². The normalized spacial score (nSPS) is 23.5. The van der Waals surface area contributed by atoms with E-state index in [0.717, 1.165) is 5.92 Å². The van der Waals surface area contributed by atoms with Crippen LogP contribution in [0.4, 0.5) is 0 Å². The summed E-state index contributed by atoms with van der Waals surface area (Å²) in [4.78, 5) is 0. The van der Waals surface area contributed by atoms with E-state index < -0.39 is 0 Å². The third-order valence-corrected chi connectivity index (χ3v) is 6.80. The van der Waals surface area contributed by atoms with E-state index in [4.69, 9.17) is 0 Å². The Balaban J connectivity index is 1.82. The number of fused-ring (bicyclic) bond motifs is 1. The minimum absolute atomic E-state index is 0.518. The van der Waals surface area contributed by atoms with Crippen LogP contribution in [0.5, 0.6) is 0 Å². The first-order valence-corrected chi connectivity index (χ1v) is 10.4. The number of hydrogen-bond donors (Lipinski definition) is 0. The van der Waals surface area contributed by atoms with Crippen molar-refractivity contribution in [1.29, 1.82) is 0 Å². The molecule has 0 N–H and O–H groups in total. The van der Waals surface area contributed by atoms with Crippen molar-refractivity contribution in [3.8, 4) is 0 Å². The van der Waals surface area contributed by atoms with Crippen molar-refractivity contribution >= 4 is 0 Å². The smallest absolute Gasteiger partial charge is 0.00469 e. The molecule has 1 unspecified atom stereocenters. The summed E-state index contributed by atoms with van der Waals surface area (Å²) in [6, 6.07) is 7.66. The van der Waals surface area contributed by atoms with Crippen LogP contribution in [0, 0.1) is 5.92 Å². The molecule has 23 heavy (non-hydrogen) atoms. The fourth-order valence-corrected chi connectivity index (χ4v) is 5.13. The number of aryl methyl sites for hydroxylation is 1. The molecule has 1 saturated carbocycles. The van der Waals surface area contributed by atoms with Gasteiger partial charge in [0.15, 0.2) is 0 Å². The van der Waals surface area contributed by atoms with Crippen molar-refractivity contribution in [3.05, 3.63) is 34.9 Å². The van der Waals surface area contributed by atoms with Gasteiger partial charge in [0.05, 0.1) is 0 Å². The van der Waals surface area contributed by atoms with E-state index >= 15 is 0 Å². The van der Waals surface area contributed by atoms with Crippen molar-refractivity contribution in [2.45, 2.75) is 103 Å². The molecule has 0 radical (unpaired) electrons. The summed E-state index contributed by atoms with van der Waals surface area (Å²) < 4.78 is 0. The molecule has 3 rings (SSSR count). The Morgan fingerprint density at radius 1 is 1.00 bits per heavy atom. The Labute approximate surface area is 144 Å². The standard InChI is InChI=1S/C23H36/c1-3-5-7-14-23(15-8-6-9-16-23)22-13-12-20-17-19(4-2)10-11-21(20)18-22/h12-13,18-19H,3-11,14-17H2,1-2H3. The summed E-state index contributed by atoms with van der Waals surface area (Å²) >= 11 is 0. The predicted molar refractivity (Wildman–Crippen MR) is 101 cm³/mol. The highest BCUT2D eigenvalue weighted by atomic mass is 14.4. The van der Waals surface area contributed by atoms with Crippen LogP contribution in [0.25, 0.3) is 0 Å². The zero-order valence-corrected chi connectivity index (χ0v) is 15.5. The molecule has 1 atom stereocenters. The lowest BCUT2D eigenvalue weighted by Crippen LogP contribution is -2.29. The maximum absolute atomic E-state index is 2.64. The summed E-state index contributed by atoms with van der Waals surface area (Å²) in [5, 5.41) is 0. The Morgan fingerprint density at radius 2 is 1.83 bits per heavy atom. The number of unbranched alkanes of at least 4 members (excludes halogenated alkanes) is 2. The molecule has 0 bridgehead atoms. The van der Waals surface area contributed by atoms with Gasteiger partial charge in [-0.2, -0.15) is 0 Å². The molecule has 0 nitrogen and oxygen atoms in total. The Hall–Kier alpha value is -0.780. The van der Waals surface area contributed by atoms with E-state index in [9.17, 15) is 0 Å². The van der Waals surface area contributed by atoms with Crippen molar-refractivity contribution in [2.75, 3.05) is 0 Å². The van der Waals surface area contributed by atoms with Gasteiger partial charge in [0.1, 0.15) is 0 Å². The zero-order valence-electron chi connectivity index (χ0n) is 15.5. The van der Waals surface area contributed by atoms with Crippen LogP contribution in [0.1, 0.15) is 101 Å². The molecule has 2 aliphatic rings. The Morgan fingerprint density at radius 3 is 2.57 bits per heavy atom. The first-order valence-electron chi connectivity index (χ1n) is 10.4. The minimum atomic E-state index is 0.518. The molecule has 0 amide bonds. The van der Waals surface area contributed by atoms with Gasteiger partial charge in [0.25, 0.3) is 0 Å². The lowest BCUT2D eigenvalue weighted by Gasteiger charge is -2.39. The molecule has 0 aromatic heterocycles. The number of rotatable bonds is 6. The predicted octanol–water partition coefficient (Wildman–Crippen LogP) is 6.98. The van der Waals surface area contributed by atoms with Gasteiger partial charge in [-0.3, -0.25) is 0 Å². The zero-order chi connectivity index (χ0) is 16.1. The SMILES string of the molecule is CCCCCC1(c2ccc3c(c2)CCC(CC)C3)CCCCC1. The van der Waals surface area contributed by atoms with Crippen molar-refractivity contribution in [2.24, 2.45) is 5.92 Å². The minimum Gasteiger partial charge on any atom is -0.0654 e. The van der Waals surface area contributed by atoms with E-state index in [1.807, 2.05) is 0 Å². The largest absolute Gasteiger partial charge is 0.0654 e. The summed E-state index contributed by atoms with van der Waals surface area (Å²) in [6.45, 7) is 4.69. The van der Waals surface area contributed by atoms with Crippen LogP contribution in [0.15, 0.2) is 18.2 Å². The van der Waals surface area contributed by atoms with Gasteiger partial charge >= 0.3 is 0 Å². The van der Waals surface area contributed by atoms with Crippen LogP contribution >= 0.6 is 0 Å². The second-order valence-corrected chi connectivity index (χ2v) is 8.30. The van der Waals surface area contributed by atoms with Crippen LogP contribution in [0.2, 0.25) is 0 Å². The van der Waals surface area contributed by atoms with Gasteiger partial charge in [0.2, 0.25) is 0 Å². The molecule has 1 aromatic rings. The van der Waals surface area contributed by atoms with E-state index in [1.165, 1.54) is 83.5 Å². The molecule has 0 heteroatoms. The van der Waals surface area contributed by atoms with Crippen LogP contribution in [0.3, 0.4) is 0 Å². The van der Waals surface area contributed by atoms with E-state index in [-0.39, 0.29) is 0 Å². The fourth-order valence-electron chi connectivity index (χ4n) is 5.13. The molecule has 1 fully saturated rings.